The van der Waals surface area contributed by atoms with Gasteiger partial charge in [0, 0.05) is 15.7 Å². The molecule has 0 bridgehead atoms. The van der Waals surface area contributed by atoms with Crippen LogP contribution in [0.15, 0.2) is 18.2 Å². The maximum atomic E-state index is 12.1. The summed E-state index contributed by atoms with van der Waals surface area (Å²) in [5, 5.41) is 16.0. The number of halogens is 1. The zero-order valence-electron chi connectivity index (χ0n) is 10.2. The molecule has 3 N–H and O–H groups in total. The Hall–Kier alpha value is -0.820. The summed E-state index contributed by atoms with van der Waals surface area (Å²) in [5.41, 5.74) is 0.347. The van der Waals surface area contributed by atoms with Gasteiger partial charge in [-0.1, -0.05) is 0 Å². The second-order valence-corrected chi connectivity index (χ2v) is 5.87. The summed E-state index contributed by atoms with van der Waals surface area (Å²) in [6, 6.07) is 5.43. The first-order valence-electron chi connectivity index (χ1n) is 6.10. The van der Waals surface area contributed by atoms with Gasteiger partial charge in [-0.25, -0.2) is 0 Å². The number of phenols is 1. The quantitative estimate of drug-likeness (QED) is 0.706. The Morgan fingerprint density at radius 1 is 1.56 bits per heavy atom. The lowest BCUT2D eigenvalue weighted by atomic mass is 9.99. The molecule has 1 saturated heterocycles. The van der Waals surface area contributed by atoms with Gasteiger partial charge in [-0.05, 0) is 67.1 Å². The van der Waals surface area contributed by atoms with Crippen molar-refractivity contribution in [3.05, 3.63) is 27.3 Å². The van der Waals surface area contributed by atoms with E-state index in [4.69, 9.17) is 0 Å². The Labute approximate surface area is 120 Å². The van der Waals surface area contributed by atoms with Crippen molar-refractivity contribution in [2.24, 2.45) is 0 Å². The van der Waals surface area contributed by atoms with Crippen LogP contribution in [0.25, 0.3) is 0 Å². The molecule has 0 spiro atoms. The largest absolute Gasteiger partial charge is 0.507 e. The first-order chi connectivity index (χ1) is 8.58. The van der Waals surface area contributed by atoms with Crippen LogP contribution in [-0.4, -0.2) is 29.6 Å². The standard InChI is InChI=1S/C13H17IN2O2/c1-8-11(3-2-6-15-8)16-13(18)10-7-9(14)4-5-12(10)17/h4-5,7-8,11,15,17H,2-3,6H2,1H3,(H,16,18). The highest BCUT2D eigenvalue weighted by Crippen LogP contribution is 2.20. The summed E-state index contributed by atoms with van der Waals surface area (Å²) < 4.78 is 0.936. The maximum Gasteiger partial charge on any atom is 0.255 e. The van der Waals surface area contributed by atoms with E-state index in [1.54, 1.807) is 18.2 Å². The minimum atomic E-state index is -0.202. The summed E-state index contributed by atoms with van der Waals surface area (Å²) in [6.45, 7) is 3.07. The zero-order valence-corrected chi connectivity index (χ0v) is 12.4. The molecule has 4 nitrogen and oxygen atoms in total. The minimum Gasteiger partial charge on any atom is -0.507 e. The second-order valence-electron chi connectivity index (χ2n) is 4.63. The number of piperidine rings is 1. The van der Waals surface area contributed by atoms with Gasteiger partial charge in [0.15, 0.2) is 0 Å². The number of carbonyl (C=O) groups is 1. The molecule has 1 aromatic rings. The van der Waals surface area contributed by atoms with Crippen molar-refractivity contribution in [1.29, 1.82) is 0 Å². The minimum absolute atomic E-state index is 0.0318. The molecule has 1 fully saturated rings. The average Bonchev–Trinajstić information content (AvgIpc) is 2.35. The zero-order chi connectivity index (χ0) is 13.1. The van der Waals surface area contributed by atoms with E-state index in [9.17, 15) is 9.90 Å². The summed E-state index contributed by atoms with van der Waals surface area (Å²) in [4.78, 5) is 12.1. The number of nitrogens with one attached hydrogen (secondary N) is 2. The van der Waals surface area contributed by atoms with Crippen molar-refractivity contribution in [3.63, 3.8) is 0 Å². The van der Waals surface area contributed by atoms with Crippen LogP contribution in [0.5, 0.6) is 5.75 Å². The van der Waals surface area contributed by atoms with Gasteiger partial charge in [0.25, 0.3) is 5.91 Å². The van der Waals surface area contributed by atoms with Crippen LogP contribution in [0.4, 0.5) is 0 Å². The molecule has 0 saturated carbocycles. The number of aromatic hydroxyl groups is 1. The third kappa shape index (κ3) is 3.14. The number of benzene rings is 1. The third-order valence-corrected chi connectivity index (χ3v) is 3.95. The molecule has 2 unspecified atom stereocenters. The van der Waals surface area contributed by atoms with Gasteiger partial charge in [-0.2, -0.15) is 0 Å². The molecule has 0 aliphatic carbocycles. The molecule has 1 aliphatic heterocycles. The average molecular weight is 360 g/mol. The van der Waals surface area contributed by atoms with Crippen LogP contribution < -0.4 is 10.6 Å². The van der Waals surface area contributed by atoms with Crippen LogP contribution in [0.3, 0.4) is 0 Å². The fourth-order valence-electron chi connectivity index (χ4n) is 2.18. The number of phenolic OH excluding ortho intramolecular Hbond substituents is 1. The Kier molecular flexibility index (Phi) is 4.45. The van der Waals surface area contributed by atoms with Crippen molar-refractivity contribution in [1.82, 2.24) is 10.6 Å². The van der Waals surface area contributed by atoms with E-state index in [0.29, 0.717) is 5.56 Å². The Morgan fingerprint density at radius 3 is 3.06 bits per heavy atom. The third-order valence-electron chi connectivity index (χ3n) is 3.28. The van der Waals surface area contributed by atoms with Crippen molar-refractivity contribution in [2.45, 2.75) is 31.8 Å². The van der Waals surface area contributed by atoms with E-state index in [1.807, 2.05) is 0 Å². The highest BCUT2D eigenvalue weighted by atomic mass is 127. The predicted octanol–water partition coefficient (Wildman–Crippen LogP) is 1.87. The van der Waals surface area contributed by atoms with Gasteiger partial charge in [-0.3, -0.25) is 4.79 Å². The van der Waals surface area contributed by atoms with E-state index >= 15 is 0 Å². The molecule has 1 amide bonds. The van der Waals surface area contributed by atoms with Crippen LogP contribution in [0.2, 0.25) is 0 Å². The summed E-state index contributed by atoms with van der Waals surface area (Å²) in [5.74, 6) is -0.170. The van der Waals surface area contributed by atoms with Crippen LogP contribution >= 0.6 is 22.6 Å². The van der Waals surface area contributed by atoms with Gasteiger partial charge in [0.1, 0.15) is 5.75 Å². The van der Waals surface area contributed by atoms with Gasteiger partial charge >= 0.3 is 0 Å². The van der Waals surface area contributed by atoms with Gasteiger partial charge in [-0.15, -0.1) is 0 Å². The molecule has 0 radical (unpaired) electrons. The summed E-state index contributed by atoms with van der Waals surface area (Å²) >= 11 is 2.13. The number of amides is 1. The van der Waals surface area contributed by atoms with E-state index in [2.05, 4.69) is 40.1 Å². The lowest BCUT2D eigenvalue weighted by molar-refractivity contribution is 0.0917. The van der Waals surface area contributed by atoms with Gasteiger partial charge in [0.05, 0.1) is 5.56 Å². The molecule has 2 rings (SSSR count). The van der Waals surface area contributed by atoms with Crippen LogP contribution in [-0.2, 0) is 0 Å². The highest BCUT2D eigenvalue weighted by molar-refractivity contribution is 14.1. The Balaban J connectivity index is 2.09. The van der Waals surface area contributed by atoms with E-state index in [-0.39, 0.29) is 23.7 Å². The lowest BCUT2D eigenvalue weighted by Crippen LogP contribution is -2.51. The van der Waals surface area contributed by atoms with Gasteiger partial charge < -0.3 is 15.7 Å². The number of hydrogen-bond acceptors (Lipinski definition) is 3. The molecule has 0 aromatic heterocycles. The van der Waals surface area contributed by atoms with Crippen molar-refractivity contribution in [2.75, 3.05) is 6.54 Å². The van der Waals surface area contributed by atoms with Crippen molar-refractivity contribution >= 4 is 28.5 Å². The van der Waals surface area contributed by atoms with Gasteiger partial charge in [0.2, 0.25) is 0 Å². The van der Waals surface area contributed by atoms with E-state index in [0.717, 1.165) is 23.0 Å². The fraction of sp³-hybridized carbons (Fsp3) is 0.462. The molecule has 98 valence electrons. The van der Waals surface area contributed by atoms with Crippen molar-refractivity contribution < 1.29 is 9.90 Å². The molecule has 5 heteroatoms. The van der Waals surface area contributed by atoms with E-state index < -0.39 is 0 Å². The molecular weight excluding hydrogens is 343 g/mol. The first kappa shape index (κ1) is 13.6. The Bertz CT molecular complexity index is 451. The molecule has 2 atom stereocenters. The highest BCUT2D eigenvalue weighted by Gasteiger charge is 2.23. The lowest BCUT2D eigenvalue weighted by Gasteiger charge is -2.30. The number of carbonyl (C=O) groups excluding carboxylic acids is 1. The second kappa shape index (κ2) is 5.88. The monoisotopic (exact) mass is 360 g/mol. The molecule has 1 aromatic carbocycles. The number of rotatable bonds is 2. The normalized spacial score (nSPS) is 23.7. The molecular formula is C13H17IN2O2. The first-order valence-corrected chi connectivity index (χ1v) is 7.18. The summed E-state index contributed by atoms with van der Waals surface area (Å²) in [7, 11) is 0. The molecule has 1 heterocycles. The topological polar surface area (TPSA) is 61.4 Å². The summed E-state index contributed by atoms with van der Waals surface area (Å²) in [6.07, 6.45) is 2.04. The molecule has 18 heavy (non-hydrogen) atoms. The van der Waals surface area contributed by atoms with E-state index in [1.165, 1.54) is 0 Å². The fourth-order valence-corrected chi connectivity index (χ4v) is 2.67. The Morgan fingerprint density at radius 2 is 2.33 bits per heavy atom. The van der Waals surface area contributed by atoms with Crippen LogP contribution in [0, 0.1) is 3.57 Å². The van der Waals surface area contributed by atoms with Crippen molar-refractivity contribution in [3.8, 4) is 5.75 Å². The SMILES string of the molecule is CC1NCCCC1NC(=O)c1cc(I)ccc1O. The number of hydrogen-bond donors (Lipinski definition) is 3. The predicted molar refractivity (Wildman–Crippen MR) is 78.8 cm³/mol. The smallest absolute Gasteiger partial charge is 0.255 e. The van der Waals surface area contributed by atoms with Crippen LogP contribution in [0.1, 0.15) is 30.1 Å². The maximum absolute atomic E-state index is 12.1. The molecule has 1 aliphatic rings.